The molecule has 0 bridgehead atoms. The molecule has 0 radical (unpaired) electrons. The molecule has 2 aliphatic heterocycles. The molecule has 2 aromatic rings. The minimum absolute atomic E-state index is 0.0250. The number of nitrogens with one attached hydrogen (secondary N) is 2. The molecular formula is C21H28N4O2. The van der Waals surface area contributed by atoms with Gasteiger partial charge in [-0.2, -0.15) is 0 Å². The first-order valence-corrected chi connectivity index (χ1v) is 9.89. The Kier molecular flexibility index (Phi) is 5.16. The molecule has 2 aliphatic rings. The van der Waals surface area contributed by atoms with Gasteiger partial charge in [0.2, 0.25) is 0 Å². The van der Waals surface area contributed by atoms with Gasteiger partial charge in [0.05, 0.1) is 12.6 Å². The van der Waals surface area contributed by atoms with Crippen LogP contribution in [0, 0.1) is 5.92 Å². The first kappa shape index (κ1) is 18.0. The Labute approximate surface area is 160 Å². The summed E-state index contributed by atoms with van der Waals surface area (Å²) in [4.78, 5) is 17.2. The van der Waals surface area contributed by atoms with E-state index in [0.717, 1.165) is 43.1 Å². The maximum Gasteiger partial charge on any atom is 0.271 e. The van der Waals surface area contributed by atoms with Crippen LogP contribution >= 0.6 is 0 Å². The second-order valence-electron chi connectivity index (χ2n) is 8.04. The lowest BCUT2D eigenvalue weighted by atomic mass is 10.0. The van der Waals surface area contributed by atoms with E-state index in [1.807, 2.05) is 30.5 Å². The van der Waals surface area contributed by atoms with Crippen LogP contribution in [0.5, 0.6) is 5.75 Å². The summed E-state index contributed by atoms with van der Waals surface area (Å²) in [6, 6.07) is 8.41. The van der Waals surface area contributed by atoms with E-state index >= 15 is 0 Å². The van der Waals surface area contributed by atoms with Crippen LogP contribution in [0.15, 0.2) is 30.5 Å². The molecular weight excluding hydrogens is 340 g/mol. The summed E-state index contributed by atoms with van der Waals surface area (Å²) in [6.45, 7) is 6.59. The standard InChI is InChI=1S/C21H28N4O2/c1-14(2)7-8-16-11-25-12-18(24-20(25)10-22-16)21(26)23-17-9-15-5-3-4-6-19(15)27-13-17/h3-6,12,14,16-17,22H,7-11,13H2,1-2H3,(H,23,26)/t16?,17-/m1/s1. The van der Waals surface area contributed by atoms with E-state index in [0.29, 0.717) is 24.3 Å². The summed E-state index contributed by atoms with van der Waals surface area (Å²) in [7, 11) is 0. The lowest BCUT2D eigenvalue weighted by Crippen LogP contribution is -2.42. The molecule has 0 spiro atoms. The minimum atomic E-state index is -0.122. The van der Waals surface area contributed by atoms with Crippen LogP contribution < -0.4 is 15.4 Å². The second kappa shape index (κ2) is 7.72. The van der Waals surface area contributed by atoms with Crippen molar-refractivity contribution in [2.45, 2.75) is 58.3 Å². The summed E-state index contributed by atoms with van der Waals surface area (Å²) in [5.74, 6) is 2.44. The van der Waals surface area contributed by atoms with Crippen molar-refractivity contribution < 1.29 is 9.53 Å². The van der Waals surface area contributed by atoms with Crippen LogP contribution in [0.1, 0.15) is 48.6 Å². The van der Waals surface area contributed by atoms with Crippen molar-refractivity contribution in [2.75, 3.05) is 6.61 Å². The molecule has 0 aliphatic carbocycles. The van der Waals surface area contributed by atoms with Crippen LogP contribution in [0.3, 0.4) is 0 Å². The first-order valence-electron chi connectivity index (χ1n) is 9.89. The number of para-hydroxylation sites is 1. The van der Waals surface area contributed by atoms with E-state index in [4.69, 9.17) is 4.74 Å². The van der Waals surface area contributed by atoms with Crippen molar-refractivity contribution in [1.29, 1.82) is 0 Å². The average Bonchev–Trinajstić information content (AvgIpc) is 3.10. The van der Waals surface area contributed by atoms with Crippen molar-refractivity contribution in [1.82, 2.24) is 20.2 Å². The number of carbonyl (C=O) groups is 1. The normalized spacial score (nSPS) is 21.3. The highest BCUT2D eigenvalue weighted by Gasteiger charge is 2.25. The van der Waals surface area contributed by atoms with Crippen molar-refractivity contribution in [2.24, 2.45) is 5.92 Å². The van der Waals surface area contributed by atoms with E-state index in [1.54, 1.807) is 0 Å². The lowest BCUT2D eigenvalue weighted by Gasteiger charge is -2.25. The maximum atomic E-state index is 12.7. The van der Waals surface area contributed by atoms with Crippen molar-refractivity contribution >= 4 is 5.91 Å². The molecule has 1 aromatic heterocycles. The molecule has 1 aromatic carbocycles. The predicted octanol–water partition coefficient (Wildman–Crippen LogP) is 2.52. The van der Waals surface area contributed by atoms with Gasteiger partial charge in [-0.1, -0.05) is 32.0 Å². The minimum Gasteiger partial charge on any atom is -0.491 e. The number of carbonyl (C=O) groups excluding carboxylic acids is 1. The summed E-state index contributed by atoms with van der Waals surface area (Å²) >= 11 is 0. The second-order valence-corrected chi connectivity index (χ2v) is 8.04. The highest BCUT2D eigenvalue weighted by molar-refractivity contribution is 5.92. The molecule has 2 N–H and O–H groups in total. The summed E-state index contributed by atoms with van der Waals surface area (Å²) in [6.07, 6.45) is 5.04. The quantitative estimate of drug-likeness (QED) is 0.851. The molecule has 6 heteroatoms. The third-order valence-corrected chi connectivity index (χ3v) is 5.36. The lowest BCUT2D eigenvalue weighted by molar-refractivity contribution is 0.0910. The molecule has 27 heavy (non-hydrogen) atoms. The molecule has 0 fully saturated rings. The SMILES string of the molecule is CC(C)CCC1Cn2cc(C(=O)N[C@H]3COc4ccccc4C3)nc2CN1. The molecule has 6 nitrogen and oxygen atoms in total. The molecule has 3 heterocycles. The summed E-state index contributed by atoms with van der Waals surface area (Å²) in [5, 5.41) is 6.62. The third-order valence-electron chi connectivity index (χ3n) is 5.36. The van der Waals surface area contributed by atoms with Crippen LogP contribution in [0.4, 0.5) is 0 Å². The number of imidazole rings is 1. The van der Waals surface area contributed by atoms with Gasteiger partial charge < -0.3 is 19.9 Å². The Morgan fingerprint density at radius 2 is 2.26 bits per heavy atom. The smallest absolute Gasteiger partial charge is 0.271 e. The molecule has 144 valence electrons. The Balaban J connectivity index is 1.37. The molecule has 0 saturated heterocycles. The van der Waals surface area contributed by atoms with Crippen molar-refractivity contribution in [3.63, 3.8) is 0 Å². The van der Waals surface area contributed by atoms with E-state index in [-0.39, 0.29) is 11.9 Å². The molecule has 0 saturated carbocycles. The summed E-state index contributed by atoms with van der Waals surface area (Å²) < 4.78 is 7.89. The van der Waals surface area contributed by atoms with E-state index in [9.17, 15) is 4.79 Å². The highest BCUT2D eigenvalue weighted by Crippen LogP contribution is 2.24. The number of rotatable bonds is 5. The van der Waals surface area contributed by atoms with Crippen LogP contribution in [-0.4, -0.2) is 34.1 Å². The number of fused-ring (bicyclic) bond motifs is 2. The maximum absolute atomic E-state index is 12.7. The van der Waals surface area contributed by atoms with Crippen LogP contribution in [0.25, 0.3) is 0 Å². The van der Waals surface area contributed by atoms with Gasteiger partial charge in [-0.05, 0) is 36.8 Å². The average molecular weight is 368 g/mol. The number of amides is 1. The van der Waals surface area contributed by atoms with Crippen molar-refractivity contribution in [3.05, 3.63) is 47.5 Å². The Morgan fingerprint density at radius 3 is 3.11 bits per heavy atom. The zero-order chi connectivity index (χ0) is 18.8. The fourth-order valence-electron chi connectivity index (χ4n) is 3.81. The topological polar surface area (TPSA) is 68.2 Å². The van der Waals surface area contributed by atoms with Gasteiger partial charge in [-0.15, -0.1) is 0 Å². The van der Waals surface area contributed by atoms with Gasteiger partial charge in [-0.25, -0.2) is 4.98 Å². The Hall–Kier alpha value is -2.34. The first-order chi connectivity index (χ1) is 13.1. The third kappa shape index (κ3) is 4.16. The zero-order valence-electron chi connectivity index (χ0n) is 16.1. The number of hydrogen-bond donors (Lipinski definition) is 2. The Morgan fingerprint density at radius 1 is 1.41 bits per heavy atom. The molecule has 4 rings (SSSR count). The molecule has 2 atom stereocenters. The fourth-order valence-corrected chi connectivity index (χ4v) is 3.81. The van der Waals surface area contributed by atoms with Crippen molar-refractivity contribution in [3.8, 4) is 5.75 Å². The van der Waals surface area contributed by atoms with Crippen LogP contribution in [0.2, 0.25) is 0 Å². The molecule has 1 amide bonds. The van der Waals surface area contributed by atoms with E-state index < -0.39 is 0 Å². The largest absolute Gasteiger partial charge is 0.491 e. The summed E-state index contributed by atoms with van der Waals surface area (Å²) in [5.41, 5.74) is 1.63. The van der Waals surface area contributed by atoms with E-state index in [1.165, 1.54) is 6.42 Å². The number of hydrogen-bond acceptors (Lipinski definition) is 4. The van der Waals surface area contributed by atoms with Gasteiger partial charge in [0.15, 0.2) is 0 Å². The monoisotopic (exact) mass is 368 g/mol. The number of aromatic nitrogens is 2. The zero-order valence-corrected chi connectivity index (χ0v) is 16.1. The van der Waals surface area contributed by atoms with Gasteiger partial charge in [0.1, 0.15) is 23.9 Å². The predicted molar refractivity (Wildman–Crippen MR) is 104 cm³/mol. The number of benzene rings is 1. The van der Waals surface area contributed by atoms with Gasteiger partial charge >= 0.3 is 0 Å². The number of ether oxygens (including phenoxy) is 1. The van der Waals surface area contributed by atoms with E-state index in [2.05, 4.69) is 34.0 Å². The van der Waals surface area contributed by atoms with Gasteiger partial charge in [0, 0.05) is 18.8 Å². The van der Waals surface area contributed by atoms with Crippen LogP contribution in [-0.2, 0) is 19.5 Å². The Bertz CT molecular complexity index is 814. The molecule has 1 unspecified atom stereocenters. The van der Waals surface area contributed by atoms with Gasteiger partial charge in [0.25, 0.3) is 5.91 Å². The number of nitrogens with zero attached hydrogens (tertiary/aromatic N) is 2. The van der Waals surface area contributed by atoms with Gasteiger partial charge in [-0.3, -0.25) is 4.79 Å². The fraction of sp³-hybridized carbons (Fsp3) is 0.524. The highest BCUT2D eigenvalue weighted by atomic mass is 16.5.